The zero-order chi connectivity index (χ0) is 19.1. The maximum atomic E-state index is 2.62. The molecule has 4 heterocycles. The van der Waals surface area contributed by atoms with Crippen molar-refractivity contribution >= 4 is 79.0 Å². The van der Waals surface area contributed by atoms with Crippen molar-refractivity contribution in [2.24, 2.45) is 0 Å². The normalized spacial score (nSPS) is 31.1. The number of rotatable bonds is 1. The van der Waals surface area contributed by atoms with Crippen LogP contribution in [-0.2, 0) is 0 Å². The van der Waals surface area contributed by atoms with Gasteiger partial charge in [-0.25, -0.2) is 0 Å². The Balaban J connectivity index is 1.50. The molecule has 6 aliphatic rings. The minimum Gasteiger partial charge on any atom is -0.304 e. The molecule has 3 aromatic rings. The molecule has 1 nitrogen and oxygen atoms in total. The van der Waals surface area contributed by atoms with E-state index in [1.54, 1.807) is 32.4 Å². The number of fused-ring (bicyclic) bond motifs is 1. The molecular weight excluding hydrogens is 422 g/mol. The van der Waals surface area contributed by atoms with Gasteiger partial charge in [0.25, 0.3) is 0 Å². The number of thioether (sulfide) groups is 3. The minimum atomic E-state index is 0.502. The molecule has 0 N–H and O–H groups in total. The van der Waals surface area contributed by atoms with E-state index in [1.807, 2.05) is 11.8 Å². The Morgan fingerprint density at radius 1 is 0.900 bits per heavy atom. The van der Waals surface area contributed by atoms with Crippen LogP contribution >= 0.6 is 35.3 Å². The summed E-state index contributed by atoms with van der Waals surface area (Å²) in [4.78, 5) is 1.55. The molecule has 0 saturated carbocycles. The molecule has 144 valence electrons. The zero-order valence-corrected chi connectivity index (χ0v) is 18.5. The predicted octanol–water partition coefficient (Wildman–Crippen LogP) is 6.88. The molecule has 0 fully saturated rings. The standard InChI is InChI=1S/C26H17NS3/c1-5-14-23-21-12(1)3-7-17-25(21)26-18(29-17)8-4-13-2-6-15(24(23)22(13)26)27(14)20-11-19-16(30-20)9-10-28-19/h1,3,5-11,13,16-17,19H,2,4H2/t13?,16?,17-,19?/m0/s1. The molecule has 3 aliphatic heterocycles. The van der Waals surface area contributed by atoms with E-state index >= 15 is 0 Å². The molecule has 0 radical (unpaired) electrons. The summed E-state index contributed by atoms with van der Waals surface area (Å²) in [6.07, 6.45) is 17.2. The lowest BCUT2D eigenvalue weighted by Gasteiger charge is -2.28. The third kappa shape index (κ3) is 1.67. The lowest BCUT2D eigenvalue weighted by Crippen LogP contribution is -2.21. The van der Waals surface area contributed by atoms with Crippen LogP contribution in [0.1, 0.15) is 46.3 Å². The van der Waals surface area contributed by atoms with Gasteiger partial charge in [0.2, 0.25) is 0 Å². The van der Waals surface area contributed by atoms with Gasteiger partial charge in [-0.1, -0.05) is 48.2 Å². The fourth-order valence-electron chi connectivity index (χ4n) is 6.56. The zero-order valence-electron chi connectivity index (χ0n) is 16.1. The smallest absolute Gasteiger partial charge is 0.0776 e. The molecule has 30 heavy (non-hydrogen) atoms. The molecule has 4 heteroatoms. The van der Waals surface area contributed by atoms with Crippen molar-refractivity contribution in [3.63, 3.8) is 0 Å². The van der Waals surface area contributed by atoms with Crippen LogP contribution in [-0.4, -0.2) is 15.1 Å². The molecule has 4 atom stereocenters. The number of hydrogen-bond acceptors (Lipinski definition) is 3. The van der Waals surface area contributed by atoms with Crippen LogP contribution in [0.5, 0.6) is 0 Å². The van der Waals surface area contributed by atoms with E-state index in [1.165, 1.54) is 39.7 Å². The van der Waals surface area contributed by atoms with Crippen molar-refractivity contribution < 1.29 is 0 Å². The highest BCUT2D eigenvalue weighted by Gasteiger charge is 2.41. The number of allylic oxidation sites excluding steroid dienone is 1. The van der Waals surface area contributed by atoms with Crippen LogP contribution in [0, 0.1) is 0 Å². The van der Waals surface area contributed by atoms with Crippen LogP contribution in [0.3, 0.4) is 0 Å². The van der Waals surface area contributed by atoms with E-state index in [4.69, 9.17) is 0 Å². The first kappa shape index (κ1) is 16.0. The van der Waals surface area contributed by atoms with Crippen molar-refractivity contribution in [2.75, 3.05) is 0 Å². The molecule has 0 amide bonds. The van der Waals surface area contributed by atoms with Crippen molar-refractivity contribution in [2.45, 2.75) is 34.5 Å². The monoisotopic (exact) mass is 439 g/mol. The lowest BCUT2D eigenvalue weighted by molar-refractivity contribution is 0.719. The second-order valence-electron chi connectivity index (χ2n) is 9.08. The average Bonchev–Trinajstić information content (AvgIpc) is 3.51. The van der Waals surface area contributed by atoms with E-state index in [2.05, 4.69) is 82.1 Å². The van der Waals surface area contributed by atoms with Gasteiger partial charge in [-0.15, -0.1) is 23.5 Å². The van der Waals surface area contributed by atoms with Gasteiger partial charge in [0.1, 0.15) is 0 Å². The highest BCUT2D eigenvalue weighted by Crippen LogP contribution is 2.62. The van der Waals surface area contributed by atoms with Crippen molar-refractivity contribution in [1.82, 2.24) is 4.57 Å². The quantitative estimate of drug-likeness (QED) is 0.407. The van der Waals surface area contributed by atoms with Crippen LogP contribution < -0.4 is 5.35 Å². The number of nitrogens with zero attached hydrogens (tertiary/aromatic N) is 1. The van der Waals surface area contributed by atoms with Gasteiger partial charge in [-0.2, -0.15) is 0 Å². The molecule has 0 saturated heterocycles. The van der Waals surface area contributed by atoms with Gasteiger partial charge in [-0.3, -0.25) is 0 Å². The topological polar surface area (TPSA) is 4.93 Å². The summed E-state index contributed by atoms with van der Waals surface area (Å²) in [6, 6.07) is 4.76. The average molecular weight is 440 g/mol. The molecule has 0 bridgehead atoms. The van der Waals surface area contributed by atoms with Crippen molar-refractivity contribution in [3.05, 3.63) is 69.4 Å². The van der Waals surface area contributed by atoms with Gasteiger partial charge in [0, 0.05) is 26.2 Å². The summed E-state index contributed by atoms with van der Waals surface area (Å²) in [7, 11) is 0. The first-order chi connectivity index (χ1) is 14.9. The van der Waals surface area contributed by atoms with E-state index in [0.29, 0.717) is 21.7 Å². The second kappa shape index (κ2) is 5.17. The lowest BCUT2D eigenvalue weighted by atomic mass is 9.75. The van der Waals surface area contributed by atoms with Gasteiger partial charge in [0.15, 0.2) is 0 Å². The van der Waals surface area contributed by atoms with E-state index in [-0.39, 0.29) is 0 Å². The van der Waals surface area contributed by atoms with Crippen LogP contribution in [0.25, 0.3) is 43.8 Å². The second-order valence-corrected chi connectivity index (χ2v) is 12.5. The first-order valence-electron chi connectivity index (χ1n) is 10.8. The molecule has 9 rings (SSSR count). The van der Waals surface area contributed by atoms with Gasteiger partial charge in [-0.05, 0) is 64.0 Å². The Morgan fingerprint density at radius 3 is 2.83 bits per heavy atom. The largest absolute Gasteiger partial charge is 0.304 e. The Morgan fingerprint density at radius 2 is 1.87 bits per heavy atom. The molecular formula is C26H17NS3. The van der Waals surface area contributed by atoms with E-state index in [9.17, 15) is 0 Å². The maximum absolute atomic E-state index is 2.62. The number of benzene rings is 2. The third-order valence-electron chi connectivity index (χ3n) is 7.72. The molecule has 0 spiro atoms. The molecule has 3 unspecified atom stereocenters. The van der Waals surface area contributed by atoms with Crippen molar-refractivity contribution in [1.29, 1.82) is 0 Å². The summed E-state index contributed by atoms with van der Waals surface area (Å²) >= 11 is 6.11. The molecule has 1 aromatic heterocycles. The summed E-state index contributed by atoms with van der Waals surface area (Å²) in [6.45, 7) is 0. The highest BCUT2D eigenvalue weighted by molar-refractivity contribution is 8.12. The van der Waals surface area contributed by atoms with Gasteiger partial charge >= 0.3 is 0 Å². The number of hydrogen-bond donors (Lipinski definition) is 0. The fraction of sp³-hybridized carbons (Fsp3) is 0.231. The third-order valence-corrected chi connectivity index (χ3v) is 11.5. The summed E-state index contributed by atoms with van der Waals surface area (Å²) in [5.74, 6) is 0.660. The fourth-order valence-corrected chi connectivity index (χ4v) is 10.5. The van der Waals surface area contributed by atoms with Gasteiger partial charge < -0.3 is 4.57 Å². The summed E-state index contributed by atoms with van der Waals surface area (Å²) in [5, 5.41) is 11.5. The van der Waals surface area contributed by atoms with Crippen LogP contribution in [0.15, 0.2) is 41.8 Å². The van der Waals surface area contributed by atoms with Crippen LogP contribution in [0.4, 0.5) is 0 Å². The Labute approximate surface area is 187 Å². The van der Waals surface area contributed by atoms with E-state index < -0.39 is 0 Å². The van der Waals surface area contributed by atoms with Crippen molar-refractivity contribution in [3.8, 4) is 0 Å². The predicted molar refractivity (Wildman–Crippen MR) is 135 cm³/mol. The minimum absolute atomic E-state index is 0.502. The van der Waals surface area contributed by atoms with Gasteiger partial charge in [0.05, 0.1) is 21.1 Å². The Kier molecular flexibility index (Phi) is 2.75. The SMILES string of the molecule is C1=CC2SC(n3c4c5c6c7c8c9c(ccc3c95)C=C[C@@H]8SC7=CCC6CC=4)=CC2S1. The summed E-state index contributed by atoms with van der Waals surface area (Å²) < 4.78 is 2.62. The Hall–Kier alpha value is -1.75. The highest BCUT2D eigenvalue weighted by atomic mass is 32.2. The Bertz CT molecular complexity index is 1550. The maximum Gasteiger partial charge on any atom is 0.0776 e. The summed E-state index contributed by atoms with van der Waals surface area (Å²) in [5.41, 5.74) is 7.75. The molecule has 3 aliphatic carbocycles. The number of aromatic nitrogens is 1. The van der Waals surface area contributed by atoms with E-state index in [0.717, 1.165) is 0 Å². The molecule has 2 aromatic carbocycles. The first-order valence-corrected chi connectivity index (χ1v) is 13.5. The van der Waals surface area contributed by atoms with Crippen LogP contribution in [0.2, 0.25) is 0 Å².